The van der Waals surface area contributed by atoms with E-state index in [9.17, 15) is 4.79 Å². The van der Waals surface area contributed by atoms with Crippen molar-refractivity contribution in [2.24, 2.45) is 0 Å². The van der Waals surface area contributed by atoms with Gasteiger partial charge in [-0.05, 0) is 31.9 Å². The molecule has 0 radical (unpaired) electrons. The molecule has 1 aliphatic rings. The standard InChI is InChI=1S/C13H16N4O2/c1-9-10(8-13(18)19)17-11(14-9)4-5-12(15-17)16-6-2-3-7-16/h4-5H,2-3,6-8H2,1H3,(H,18,19). The Morgan fingerprint density at radius 1 is 1.37 bits per heavy atom. The highest BCUT2D eigenvalue weighted by molar-refractivity contribution is 5.70. The molecule has 0 aliphatic carbocycles. The number of anilines is 1. The Labute approximate surface area is 110 Å². The van der Waals surface area contributed by atoms with Crippen molar-refractivity contribution < 1.29 is 9.90 Å². The van der Waals surface area contributed by atoms with Crippen LogP contribution in [0.5, 0.6) is 0 Å². The van der Waals surface area contributed by atoms with Crippen LogP contribution in [-0.4, -0.2) is 38.8 Å². The van der Waals surface area contributed by atoms with Crippen LogP contribution in [0.2, 0.25) is 0 Å². The monoisotopic (exact) mass is 260 g/mol. The molecule has 1 N–H and O–H groups in total. The Bertz CT molecular complexity index is 629. The van der Waals surface area contributed by atoms with Crippen LogP contribution in [0.15, 0.2) is 12.1 Å². The second-order valence-corrected chi connectivity index (χ2v) is 4.87. The molecule has 3 rings (SSSR count). The smallest absolute Gasteiger partial charge is 0.309 e. The fourth-order valence-electron chi connectivity index (χ4n) is 2.54. The summed E-state index contributed by atoms with van der Waals surface area (Å²) in [5.74, 6) is 0.0346. The number of rotatable bonds is 3. The molecule has 0 spiro atoms. The van der Waals surface area contributed by atoms with Crippen LogP contribution in [0.4, 0.5) is 5.82 Å². The van der Waals surface area contributed by atoms with Crippen molar-refractivity contribution in [3.05, 3.63) is 23.5 Å². The lowest BCUT2D eigenvalue weighted by molar-refractivity contribution is -0.136. The zero-order valence-electron chi connectivity index (χ0n) is 10.8. The summed E-state index contributed by atoms with van der Waals surface area (Å²) in [6.07, 6.45) is 2.32. The molecule has 3 heterocycles. The van der Waals surface area contributed by atoms with Crippen molar-refractivity contribution in [3.8, 4) is 0 Å². The molecule has 6 nitrogen and oxygen atoms in total. The summed E-state index contributed by atoms with van der Waals surface area (Å²) < 4.78 is 1.66. The van der Waals surface area contributed by atoms with Crippen LogP contribution >= 0.6 is 0 Å². The van der Waals surface area contributed by atoms with Crippen LogP contribution in [0, 0.1) is 6.92 Å². The fourth-order valence-corrected chi connectivity index (χ4v) is 2.54. The third-order valence-corrected chi connectivity index (χ3v) is 3.51. The second-order valence-electron chi connectivity index (χ2n) is 4.87. The predicted molar refractivity (Wildman–Crippen MR) is 70.5 cm³/mol. The van der Waals surface area contributed by atoms with Gasteiger partial charge in [-0.3, -0.25) is 4.79 Å². The summed E-state index contributed by atoms with van der Waals surface area (Å²) in [7, 11) is 0. The lowest BCUT2D eigenvalue weighted by atomic mass is 10.3. The Kier molecular flexibility index (Phi) is 2.85. The zero-order valence-corrected chi connectivity index (χ0v) is 10.8. The van der Waals surface area contributed by atoms with Gasteiger partial charge in [-0.2, -0.15) is 0 Å². The van der Waals surface area contributed by atoms with E-state index in [2.05, 4.69) is 15.0 Å². The van der Waals surface area contributed by atoms with Gasteiger partial charge in [0, 0.05) is 13.1 Å². The first-order valence-corrected chi connectivity index (χ1v) is 6.47. The Balaban J connectivity index is 2.06. The van der Waals surface area contributed by atoms with Crippen LogP contribution in [0.3, 0.4) is 0 Å². The Morgan fingerprint density at radius 2 is 2.11 bits per heavy atom. The van der Waals surface area contributed by atoms with Crippen molar-refractivity contribution in [1.29, 1.82) is 0 Å². The number of aliphatic carboxylic acids is 1. The van der Waals surface area contributed by atoms with E-state index in [1.165, 1.54) is 12.8 Å². The number of aryl methyl sites for hydroxylation is 1. The molecule has 1 fully saturated rings. The van der Waals surface area contributed by atoms with Crippen LogP contribution in [-0.2, 0) is 11.2 Å². The number of aromatic nitrogens is 3. The number of nitrogens with zero attached hydrogens (tertiary/aromatic N) is 4. The summed E-state index contributed by atoms with van der Waals surface area (Å²) in [6.45, 7) is 3.85. The van der Waals surface area contributed by atoms with Crippen molar-refractivity contribution >= 4 is 17.4 Å². The SMILES string of the molecule is Cc1nc2ccc(N3CCCC3)nn2c1CC(=O)O. The number of carboxylic acids is 1. The lowest BCUT2D eigenvalue weighted by Gasteiger charge is -2.16. The number of carbonyl (C=O) groups is 1. The average Bonchev–Trinajstić information content (AvgIpc) is 2.98. The van der Waals surface area contributed by atoms with Crippen LogP contribution in [0.1, 0.15) is 24.2 Å². The molecule has 0 atom stereocenters. The third kappa shape index (κ3) is 2.14. The van der Waals surface area contributed by atoms with Gasteiger partial charge in [0.15, 0.2) is 5.65 Å². The predicted octanol–water partition coefficient (Wildman–Crippen LogP) is 1.27. The molecule has 0 unspecified atom stereocenters. The van der Waals surface area contributed by atoms with E-state index in [-0.39, 0.29) is 6.42 Å². The summed E-state index contributed by atoms with van der Waals surface area (Å²) in [6, 6.07) is 3.86. The van der Waals surface area contributed by atoms with Gasteiger partial charge in [-0.25, -0.2) is 9.50 Å². The highest BCUT2D eigenvalue weighted by Gasteiger charge is 2.17. The highest BCUT2D eigenvalue weighted by Crippen LogP contribution is 2.19. The van der Waals surface area contributed by atoms with Gasteiger partial charge < -0.3 is 10.0 Å². The maximum Gasteiger partial charge on any atom is 0.309 e. The summed E-state index contributed by atoms with van der Waals surface area (Å²) in [5, 5.41) is 13.5. The molecule has 19 heavy (non-hydrogen) atoms. The van der Waals surface area contributed by atoms with E-state index in [0.717, 1.165) is 24.6 Å². The van der Waals surface area contributed by atoms with Crippen molar-refractivity contribution in [1.82, 2.24) is 14.6 Å². The first-order valence-electron chi connectivity index (χ1n) is 6.47. The van der Waals surface area contributed by atoms with E-state index in [1.54, 1.807) is 4.52 Å². The van der Waals surface area contributed by atoms with E-state index < -0.39 is 5.97 Å². The van der Waals surface area contributed by atoms with Crippen molar-refractivity contribution in [2.45, 2.75) is 26.2 Å². The largest absolute Gasteiger partial charge is 0.481 e. The van der Waals surface area contributed by atoms with E-state index >= 15 is 0 Å². The summed E-state index contributed by atoms with van der Waals surface area (Å²) in [5.41, 5.74) is 2.09. The van der Waals surface area contributed by atoms with Gasteiger partial charge in [0.05, 0.1) is 17.8 Å². The minimum Gasteiger partial charge on any atom is -0.481 e. The molecule has 2 aromatic heterocycles. The molecule has 0 aromatic carbocycles. The lowest BCUT2D eigenvalue weighted by Crippen LogP contribution is -2.20. The first-order chi connectivity index (χ1) is 9.15. The van der Waals surface area contributed by atoms with E-state index in [4.69, 9.17) is 5.11 Å². The summed E-state index contributed by atoms with van der Waals surface area (Å²) >= 11 is 0. The van der Waals surface area contributed by atoms with Gasteiger partial charge in [0.1, 0.15) is 5.82 Å². The van der Waals surface area contributed by atoms with Gasteiger partial charge in [-0.1, -0.05) is 0 Å². The molecule has 1 aliphatic heterocycles. The zero-order chi connectivity index (χ0) is 13.4. The van der Waals surface area contributed by atoms with Gasteiger partial charge in [0.2, 0.25) is 0 Å². The molecule has 0 amide bonds. The second kappa shape index (κ2) is 4.53. The number of carboxylic acid groups (broad SMARTS) is 1. The normalized spacial score (nSPS) is 15.3. The van der Waals surface area contributed by atoms with Gasteiger partial charge >= 0.3 is 5.97 Å². The van der Waals surface area contributed by atoms with Crippen molar-refractivity contribution in [2.75, 3.05) is 18.0 Å². The number of hydrogen-bond donors (Lipinski definition) is 1. The average molecular weight is 260 g/mol. The van der Waals surface area contributed by atoms with Crippen molar-refractivity contribution in [3.63, 3.8) is 0 Å². The van der Waals surface area contributed by atoms with E-state index in [1.807, 2.05) is 19.1 Å². The van der Waals surface area contributed by atoms with E-state index in [0.29, 0.717) is 11.3 Å². The molecule has 0 bridgehead atoms. The molecule has 6 heteroatoms. The Morgan fingerprint density at radius 3 is 2.79 bits per heavy atom. The maximum atomic E-state index is 10.9. The maximum absolute atomic E-state index is 10.9. The highest BCUT2D eigenvalue weighted by atomic mass is 16.4. The topological polar surface area (TPSA) is 70.7 Å². The third-order valence-electron chi connectivity index (χ3n) is 3.51. The minimum absolute atomic E-state index is 0.0521. The molecular weight excluding hydrogens is 244 g/mol. The molecular formula is C13H16N4O2. The number of hydrogen-bond acceptors (Lipinski definition) is 4. The number of imidazole rings is 1. The fraction of sp³-hybridized carbons (Fsp3) is 0.462. The molecule has 100 valence electrons. The summed E-state index contributed by atoms with van der Waals surface area (Å²) in [4.78, 5) is 17.5. The van der Waals surface area contributed by atoms with Gasteiger partial charge in [-0.15, -0.1) is 5.10 Å². The molecule has 0 saturated carbocycles. The number of fused-ring (bicyclic) bond motifs is 1. The molecule has 2 aromatic rings. The quantitative estimate of drug-likeness (QED) is 0.899. The van der Waals surface area contributed by atoms with Gasteiger partial charge in [0.25, 0.3) is 0 Å². The molecule has 1 saturated heterocycles. The Hall–Kier alpha value is -2.11. The minimum atomic E-state index is -0.863. The van der Waals surface area contributed by atoms with Crippen LogP contribution < -0.4 is 4.90 Å². The first kappa shape index (κ1) is 12.0. The van der Waals surface area contributed by atoms with Crippen LogP contribution in [0.25, 0.3) is 5.65 Å².